The maximum atomic E-state index is 14.6. The number of benzene rings is 2. The molecule has 0 bridgehead atoms. The van der Waals surface area contributed by atoms with Crippen LogP contribution in [0.1, 0.15) is 35.2 Å². The molecule has 3 aromatic rings. The van der Waals surface area contributed by atoms with E-state index >= 15 is 0 Å². The summed E-state index contributed by atoms with van der Waals surface area (Å²) in [6.45, 7) is 3.54. The average Bonchev–Trinajstić information content (AvgIpc) is 3.15. The van der Waals surface area contributed by atoms with Crippen LogP contribution in [-0.2, 0) is 5.54 Å². The number of halogens is 1. The van der Waals surface area contributed by atoms with Crippen LogP contribution in [0, 0.1) is 12.7 Å². The van der Waals surface area contributed by atoms with Crippen LogP contribution in [0.4, 0.5) is 10.1 Å². The van der Waals surface area contributed by atoms with Crippen molar-refractivity contribution in [3.8, 4) is 11.4 Å². The quantitative estimate of drug-likeness (QED) is 0.652. The molecule has 2 aromatic carbocycles. The monoisotopic (exact) mass is 425 g/mol. The molecule has 1 aliphatic rings. The third-order valence-electron chi connectivity index (χ3n) is 4.91. The number of hydrogen-bond acceptors (Lipinski definition) is 7. The maximum absolute atomic E-state index is 14.6. The van der Waals surface area contributed by atoms with Gasteiger partial charge in [-0.3, -0.25) is 9.79 Å². The summed E-state index contributed by atoms with van der Waals surface area (Å²) in [4.78, 5) is 21.4. The number of carbonyl (C=O) groups excluding carboxylic acids is 1. The molecule has 7 nitrogen and oxygen atoms in total. The minimum absolute atomic E-state index is 0.331. The molecule has 0 fully saturated rings. The molecule has 0 radical (unpaired) electrons. The molecule has 9 heteroatoms. The van der Waals surface area contributed by atoms with Gasteiger partial charge in [-0.2, -0.15) is 4.98 Å². The summed E-state index contributed by atoms with van der Waals surface area (Å²) in [6, 6.07) is 11.4. The molecule has 1 aromatic heterocycles. The van der Waals surface area contributed by atoms with Gasteiger partial charge < -0.3 is 15.6 Å². The lowest BCUT2D eigenvalue weighted by molar-refractivity contribution is 0.102. The second kappa shape index (κ2) is 7.91. The van der Waals surface area contributed by atoms with Gasteiger partial charge in [0.25, 0.3) is 5.91 Å². The van der Waals surface area contributed by atoms with E-state index in [4.69, 9.17) is 10.3 Å². The van der Waals surface area contributed by atoms with Gasteiger partial charge in [0.2, 0.25) is 11.7 Å². The van der Waals surface area contributed by atoms with Crippen LogP contribution in [0.3, 0.4) is 0 Å². The SMILES string of the molecule is Cc1nc(-c2cccc(C(=O)Nc3ccc(F)c(C4(C)CCSC(N)=N4)c3)c2)no1. The Morgan fingerprint density at radius 3 is 2.87 bits per heavy atom. The summed E-state index contributed by atoms with van der Waals surface area (Å²) < 4.78 is 19.6. The van der Waals surface area contributed by atoms with Crippen molar-refractivity contribution < 1.29 is 13.7 Å². The van der Waals surface area contributed by atoms with Gasteiger partial charge in [0.05, 0.1) is 5.54 Å². The third kappa shape index (κ3) is 4.06. The maximum Gasteiger partial charge on any atom is 0.255 e. The highest BCUT2D eigenvalue weighted by atomic mass is 32.2. The van der Waals surface area contributed by atoms with E-state index < -0.39 is 5.54 Å². The predicted octanol–water partition coefficient (Wildman–Crippen LogP) is 4.10. The topological polar surface area (TPSA) is 106 Å². The summed E-state index contributed by atoms with van der Waals surface area (Å²) in [5.74, 6) is 0.890. The van der Waals surface area contributed by atoms with E-state index in [0.29, 0.717) is 45.7 Å². The van der Waals surface area contributed by atoms with Crippen LogP contribution >= 0.6 is 11.8 Å². The third-order valence-corrected chi connectivity index (χ3v) is 5.71. The minimum Gasteiger partial charge on any atom is -0.379 e. The first-order chi connectivity index (χ1) is 14.3. The van der Waals surface area contributed by atoms with Gasteiger partial charge in [-0.15, -0.1) is 0 Å². The van der Waals surface area contributed by atoms with Crippen LogP contribution in [-0.4, -0.2) is 27.0 Å². The number of thioether (sulfide) groups is 1. The standard InChI is InChI=1S/C21H20FN5O2S/c1-12-24-18(27-29-12)13-4-3-5-14(10-13)19(28)25-15-6-7-17(22)16(11-15)21(2)8-9-30-20(23)26-21/h3-7,10-11H,8-9H2,1-2H3,(H2,23,26)(H,25,28). The Labute approximate surface area is 177 Å². The zero-order valence-corrected chi connectivity index (χ0v) is 17.3. The van der Waals surface area contributed by atoms with Crippen molar-refractivity contribution in [3.05, 3.63) is 65.3 Å². The Hall–Kier alpha value is -3.20. The number of amides is 1. The first-order valence-electron chi connectivity index (χ1n) is 9.34. The van der Waals surface area contributed by atoms with Gasteiger partial charge >= 0.3 is 0 Å². The molecular weight excluding hydrogens is 405 g/mol. The number of anilines is 1. The van der Waals surface area contributed by atoms with E-state index in [1.54, 1.807) is 37.3 Å². The molecule has 0 aliphatic carbocycles. The second-order valence-corrected chi connectivity index (χ2v) is 8.30. The van der Waals surface area contributed by atoms with Crippen molar-refractivity contribution in [1.82, 2.24) is 10.1 Å². The number of rotatable bonds is 4. The van der Waals surface area contributed by atoms with E-state index in [2.05, 4.69) is 20.4 Å². The van der Waals surface area contributed by atoms with Crippen molar-refractivity contribution in [1.29, 1.82) is 0 Å². The van der Waals surface area contributed by atoms with Crippen LogP contribution in [0.5, 0.6) is 0 Å². The van der Waals surface area contributed by atoms with Crippen LogP contribution in [0.2, 0.25) is 0 Å². The summed E-state index contributed by atoms with van der Waals surface area (Å²) in [5, 5.41) is 7.13. The summed E-state index contributed by atoms with van der Waals surface area (Å²) in [7, 11) is 0. The zero-order chi connectivity index (χ0) is 21.3. The number of aliphatic imine (C=N–C) groups is 1. The molecule has 2 heterocycles. The molecular formula is C21H20FN5O2S. The van der Waals surface area contributed by atoms with Crippen molar-refractivity contribution in [2.75, 3.05) is 11.1 Å². The van der Waals surface area contributed by atoms with Gasteiger partial charge in [-0.05, 0) is 43.7 Å². The summed E-state index contributed by atoms with van der Waals surface area (Å²) >= 11 is 1.45. The first kappa shape index (κ1) is 20.1. The molecule has 0 spiro atoms. The van der Waals surface area contributed by atoms with Crippen molar-refractivity contribution in [3.63, 3.8) is 0 Å². The van der Waals surface area contributed by atoms with Gasteiger partial charge in [0.15, 0.2) is 5.17 Å². The lowest BCUT2D eigenvalue weighted by Gasteiger charge is -2.30. The van der Waals surface area contributed by atoms with E-state index in [0.717, 1.165) is 5.75 Å². The molecule has 1 amide bonds. The molecule has 1 atom stereocenters. The number of aromatic nitrogens is 2. The molecule has 30 heavy (non-hydrogen) atoms. The number of aryl methyl sites for hydroxylation is 1. The van der Waals surface area contributed by atoms with Crippen molar-refractivity contribution in [2.45, 2.75) is 25.8 Å². The van der Waals surface area contributed by atoms with Crippen molar-refractivity contribution >= 4 is 28.5 Å². The Balaban J connectivity index is 1.59. The molecule has 0 saturated heterocycles. The highest BCUT2D eigenvalue weighted by molar-refractivity contribution is 8.13. The van der Waals surface area contributed by atoms with Gasteiger partial charge in [-0.25, -0.2) is 4.39 Å². The lowest BCUT2D eigenvalue weighted by Crippen LogP contribution is -2.29. The molecule has 1 aliphatic heterocycles. The highest BCUT2D eigenvalue weighted by Gasteiger charge is 2.32. The van der Waals surface area contributed by atoms with E-state index in [1.807, 2.05) is 6.92 Å². The fourth-order valence-electron chi connectivity index (χ4n) is 3.32. The van der Waals surface area contributed by atoms with E-state index in [-0.39, 0.29) is 11.7 Å². The highest BCUT2D eigenvalue weighted by Crippen LogP contribution is 2.37. The van der Waals surface area contributed by atoms with Gasteiger partial charge in [0, 0.05) is 35.1 Å². The summed E-state index contributed by atoms with van der Waals surface area (Å²) in [6.07, 6.45) is 0.652. The molecule has 0 saturated carbocycles. The number of nitrogens with zero attached hydrogens (tertiary/aromatic N) is 3. The molecule has 1 unspecified atom stereocenters. The zero-order valence-electron chi connectivity index (χ0n) is 16.5. The Kier molecular flexibility index (Phi) is 5.29. The fourth-order valence-corrected chi connectivity index (χ4v) is 4.29. The number of hydrogen-bond donors (Lipinski definition) is 2. The molecule has 3 N–H and O–H groups in total. The largest absolute Gasteiger partial charge is 0.379 e. The number of nitrogens with two attached hydrogens (primary N) is 1. The smallest absolute Gasteiger partial charge is 0.255 e. The van der Waals surface area contributed by atoms with Crippen LogP contribution in [0.15, 0.2) is 52.0 Å². The Morgan fingerprint density at radius 1 is 1.30 bits per heavy atom. The normalized spacial score (nSPS) is 18.7. The van der Waals surface area contributed by atoms with E-state index in [9.17, 15) is 9.18 Å². The van der Waals surface area contributed by atoms with E-state index in [1.165, 1.54) is 23.9 Å². The Bertz CT molecular complexity index is 1150. The van der Waals surface area contributed by atoms with Crippen molar-refractivity contribution in [2.24, 2.45) is 10.7 Å². The fraction of sp³-hybridized carbons (Fsp3) is 0.238. The minimum atomic E-state index is -0.767. The average molecular weight is 425 g/mol. The number of carbonyl (C=O) groups is 1. The predicted molar refractivity (Wildman–Crippen MR) is 115 cm³/mol. The number of nitrogens with one attached hydrogen (secondary N) is 1. The first-order valence-corrected chi connectivity index (χ1v) is 10.3. The molecule has 4 rings (SSSR count). The summed E-state index contributed by atoms with van der Waals surface area (Å²) in [5.41, 5.74) is 7.06. The molecule has 154 valence electrons. The Morgan fingerprint density at radius 2 is 2.13 bits per heavy atom. The van der Waals surface area contributed by atoms with Gasteiger partial charge in [-0.1, -0.05) is 29.1 Å². The lowest BCUT2D eigenvalue weighted by atomic mass is 9.89. The number of amidine groups is 1. The van der Waals surface area contributed by atoms with Crippen LogP contribution in [0.25, 0.3) is 11.4 Å². The van der Waals surface area contributed by atoms with Gasteiger partial charge in [0.1, 0.15) is 5.82 Å². The van der Waals surface area contributed by atoms with Crippen LogP contribution < -0.4 is 11.1 Å². The second-order valence-electron chi connectivity index (χ2n) is 7.19.